The third kappa shape index (κ3) is 1.55. The van der Waals surface area contributed by atoms with Gasteiger partial charge in [0, 0.05) is 12.4 Å². The second kappa shape index (κ2) is 3.18. The van der Waals surface area contributed by atoms with E-state index in [1.165, 1.54) is 0 Å². The van der Waals surface area contributed by atoms with Gasteiger partial charge < -0.3 is 10.7 Å². The summed E-state index contributed by atoms with van der Waals surface area (Å²) < 4.78 is 0. The Balaban J connectivity index is 2.07. The van der Waals surface area contributed by atoms with Crippen LogP contribution in [0.4, 0.5) is 0 Å². The molecule has 13 heavy (non-hydrogen) atoms. The van der Waals surface area contributed by atoms with E-state index in [0.717, 1.165) is 6.42 Å². The number of carbonyl (C=O) groups excluding carboxylic acids is 1. The topological polar surface area (TPSA) is 70.7 Å². The first-order valence-electron chi connectivity index (χ1n) is 4.28. The molecule has 2 rings (SSSR count). The lowest BCUT2D eigenvalue weighted by atomic mass is 10.1. The smallest absolute Gasteiger partial charge is 0.236 e. The molecule has 1 amide bonds. The molecule has 0 aliphatic carbocycles. The Labute approximate surface area is 76.3 Å². The van der Waals surface area contributed by atoms with E-state index < -0.39 is 0 Å². The molecule has 3 N–H and O–H groups in total. The molecular weight excluding hydrogens is 168 g/mol. The van der Waals surface area contributed by atoms with Crippen LogP contribution in [0.3, 0.4) is 0 Å². The van der Waals surface area contributed by atoms with Crippen LogP contribution >= 0.6 is 0 Å². The van der Waals surface area contributed by atoms with Gasteiger partial charge in [0.15, 0.2) is 0 Å². The number of aliphatic imine (C=N–C) groups is 1. The second-order valence-electron chi connectivity index (χ2n) is 3.24. The van der Waals surface area contributed by atoms with Gasteiger partial charge in [0.05, 0.1) is 12.6 Å². The van der Waals surface area contributed by atoms with Crippen molar-refractivity contribution in [2.75, 3.05) is 6.54 Å². The molecule has 2 aliphatic rings. The second-order valence-corrected chi connectivity index (χ2v) is 3.24. The van der Waals surface area contributed by atoms with E-state index in [2.05, 4.69) is 10.4 Å². The van der Waals surface area contributed by atoms with Gasteiger partial charge in [-0.2, -0.15) is 0 Å². The highest BCUT2D eigenvalue weighted by molar-refractivity contribution is 5.80. The average Bonchev–Trinajstić information content (AvgIpc) is 2.38. The van der Waals surface area contributed by atoms with Gasteiger partial charge in [0.2, 0.25) is 5.91 Å². The first-order valence-corrected chi connectivity index (χ1v) is 4.28. The van der Waals surface area contributed by atoms with Crippen molar-refractivity contribution < 1.29 is 4.79 Å². The Kier molecular flexibility index (Phi) is 2.02. The molecule has 1 saturated heterocycles. The predicted molar refractivity (Wildman–Crippen MR) is 48.9 cm³/mol. The summed E-state index contributed by atoms with van der Waals surface area (Å²) in [4.78, 5) is 15.1. The fourth-order valence-electron chi connectivity index (χ4n) is 1.61. The van der Waals surface area contributed by atoms with Crippen molar-refractivity contribution in [3.05, 3.63) is 12.3 Å². The first kappa shape index (κ1) is 8.25. The van der Waals surface area contributed by atoms with Crippen LogP contribution < -0.4 is 11.2 Å². The molecule has 70 valence electrons. The van der Waals surface area contributed by atoms with Gasteiger partial charge in [0.25, 0.3) is 0 Å². The van der Waals surface area contributed by atoms with Crippen molar-refractivity contribution in [1.29, 1.82) is 0 Å². The van der Waals surface area contributed by atoms with Crippen molar-refractivity contribution in [3.8, 4) is 0 Å². The van der Waals surface area contributed by atoms with Crippen LogP contribution in [-0.4, -0.2) is 35.8 Å². The summed E-state index contributed by atoms with van der Waals surface area (Å²) in [5.74, 6) is -0.301. The minimum Gasteiger partial charge on any atom is -0.368 e. The van der Waals surface area contributed by atoms with E-state index in [1.807, 2.05) is 17.3 Å². The maximum absolute atomic E-state index is 10.9. The molecule has 2 aliphatic heterocycles. The molecule has 2 atom stereocenters. The molecule has 5 nitrogen and oxygen atoms in total. The van der Waals surface area contributed by atoms with Crippen molar-refractivity contribution in [1.82, 2.24) is 10.4 Å². The lowest BCUT2D eigenvalue weighted by Crippen LogP contribution is -2.41. The third-order valence-electron chi connectivity index (χ3n) is 2.30. The van der Waals surface area contributed by atoms with Crippen LogP contribution in [0, 0.1) is 0 Å². The highest BCUT2D eigenvalue weighted by atomic mass is 16.1. The number of hydrogen-bond acceptors (Lipinski definition) is 4. The summed E-state index contributed by atoms with van der Waals surface area (Å²) in [5.41, 5.74) is 8.22. The maximum Gasteiger partial charge on any atom is 0.236 e. The SMILES string of the molecule is NC(=O)C1CC2CN=CC=CN2N1. The van der Waals surface area contributed by atoms with Crippen molar-refractivity contribution >= 4 is 12.1 Å². The molecule has 0 saturated carbocycles. The van der Waals surface area contributed by atoms with Gasteiger partial charge in [-0.05, 0) is 12.5 Å². The van der Waals surface area contributed by atoms with Crippen LogP contribution in [0.25, 0.3) is 0 Å². The van der Waals surface area contributed by atoms with Crippen LogP contribution in [0.2, 0.25) is 0 Å². The number of carbonyl (C=O) groups is 1. The van der Waals surface area contributed by atoms with Gasteiger partial charge in [-0.15, -0.1) is 0 Å². The Morgan fingerprint density at radius 3 is 3.31 bits per heavy atom. The molecule has 0 aromatic heterocycles. The molecule has 0 spiro atoms. The molecular formula is C8H12N4O. The number of allylic oxidation sites excluding steroid dienone is 1. The number of fused-ring (bicyclic) bond motifs is 1. The van der Waals surface area contributed by atoms with Gasteiger partial charge in [0.1, 0.15) is 6.04 Å². The summed E-state index contributed by atoms with van der Waals surface area (Å²) in [6.07, 6.45) is 6.22. The highest BCUT2D eigenvalue weighted by Gasteiger charge is 2.32. The molecule has 0 bridgehead atoms. The van der Waals surface area contributed by atoms with E-state index in [0.29, 0.717) is 6.54 Å². The monoisotopic (exact) mass is 180 g/mol. The fraction of sp³-hybridized carbons (Fsp3) is 0.500. The third-order valence-corrected chi connectivity index (χ3v) is 2.30. The molecule has 0 radical (unpaired) electrons. The van der Waals surface area contributed by atoms with Gasteiger partial charge in [-0.3, -0.25) is 9.79 Å². The standard InChI is InChI=1S/C8H12N4O/c9-8(13)7-4-6-5-10-2-1-3-12(6)11-7/h1-3,6-7,11H,4-5H2,(H2,9,13). The molecule has 1 fully saturated rings. The lowest BCUT2D eigenvalue weighted by molar-refractivity contribution is -0.120. The number of nitrogens with one attached hydrogen (secondary N) is 1. The highest BCUT2D eigenvalue weighted by Crippen LogP contribution is 2.16. The zero-order valence-corrected chi connectivity index (χ0v) is 7.18. The zero-order valence-electron chi connectivity index (χ0n) is 7.18. The van der Waals surface area contributed by atoms with Crippen LogP contribution in [0.15, 0.2) is 17.3 Å². The zero-order chi connectivity index (χ0) is 9.26. The van der Waals surface area contributed by atoms with Crippen LogP contribution in [-0.2, 0) is 4.79 Å². The lowest BCUT2D eigenvalue weighted by Gasteiger charge is -2.18. The van der Waals surface area contributed by atoms with E-state index >= 15 is 0 Å². The summed E-state index contributed by atoms with van der Waals surface area (Å²) in [5, 5.41) is 1.91. The van der Waals surface area contributed by atoms with E-state index in [-0.39, 0.29) is 18.0 Å². The van der Waals surface area contributed by atoms with E-state index in [4.69, 9.17) is 5.73 Å². The minimum absolute atomic E-state index is 0.247. The summed E-state index contributed by atoms with van der Waals surface area (Å²) >= 11 is 0. The van der Waals surface area contributed by atoms with Gasteiger partial charge >= 0.3 is 0 Å². The fourth-order valence-corrected chi connectivity index (χ4v) is 1.61. The Bertz CT molecular complexity index is 273. The maximum atomic E-state index is 10.9. The van der Waals surface area contributed by atoms with Gasteiger partial charge in [-0.25, -0.2) is 5.43 Å². The van der Waals surface area contributed by atoms with Crippen LogP contribution in [0.5, 0.6) is 0 Å². The molecule has 2 unspecified atom stereocenters. The Morgan fingerprint density at radius 1 is 1.69 bits per heavy atom. The number of hydrogen-bond donors (Lipinski definition) is 2. The van der Waals surface area contributed by atoms with Crippen molar-refractivity contribution in [2.45, 2.75) is 18.5 Å². The largest absolute Gasteiger partial charge is 0.368 e. The quantitative estimate of drug-likeness (QED) is 0.544. The normalized spacial score (nSPS) is 31.5. The summed E-state index contributed by atoms with van der Waals surface area (Å²) in [7, 11) is 0. The van der Waals surface area contributed by atoms with E-state index in [9.17, 15) is 4.79 Å². The Hall–Kier alpha value is -1.36. The summed E-state index contributed by atoms with van der Waals surface area (Å²) in [6.45, 7) is 0.712. The minimum atomic E-state index is -0.301. The molecule has 5 heteroatoms. The van der Waals surface area contributed by atoms with Crippen LogP contribution in [0.1, 0.15) is 6.42 Å². The number of rotatable bonds is 1. The number of hydrazine groups is 1. The molecule has 2 heterocycles. The van der Waals surface area contributed by atoms with E-state index in [1.54, 1.807) is 6.21 Å². The summed E-state index contributed by atoms with van der Waals surface area (Å²) in [6, 6.07) is 0.00968. The number of nitrogens with two attached hydrogens (primary N) is 1. The number of nitrogens with zero attached hydrogens (tertiary/aromatic N) is 2. The first-order chi connectivity index (χ1) is 6.27. The van der Waals surface area contributed by atoms with Crippen molar-refractivity contribution in [3.63, 3.8) is 0 Å². The molecule has 0 aromatic rings. The number of amides is 1. The number of primary amides is 1. The van der Waals surface area contributed by atoms with Gasteiger partial charge in [-0.1, -0.05) is 0 Å². The van der Waals surface area contributed by atoms with Crippen molar-refractivity contribution in [2.24, 2.45) is 10.7 Å². The molecule has 0 aromatic carbocycles. The Morgan fingerprint density at radius 2 is 2.54 bits per heavy atom. The average molecular weight is 180 g/mol. The predicted octanol–water partition coefficient (Wildman–Crippen LogP) is -0.983.